The van der Waals surface area contributed by atoms with Crippen LogP contribution in [-0.4, -0.2) is 34.0 Å². The minimum absolute atomic E-state index is 0.208. The van der Waals surface area contributed by atoms with Crippen LogP contribution in [0.4, 0.5) is 16.2 Å². The van der Waals surface area contributed by atoms with Gasteiger partial charge in [-0.25, -0.2) is 9.59 Å². The van der Waals surface area contributed by atoms with Crippen molar-refractivity contribution < 1.29 is 24.2 Å². The van der Waals surface area contributed by atoms with Crippen molar-refractivity contribution in [2.24, 2.45) is 5.92 Å². The van der Waals surface area contributed by atoms with Crippen LogP contribution in [0.5, 0.6) is 11.5 Å². The number of ether oxygens (including phenoxy) is 1. The second kappa shape index (κ2) is 11.3. The Morgan fingerprint density at radius 1 is 0.800 bits per heavy atom. The van der Waals surface area contributed by atoms with Gasteiger partial charge in [-0.1, -0.05) is 56.3 Å². The van der Waals surface area contributed by atoms with Crippen molar-refractivity contribution in [1.82, 2.24) is 4.90 Å². The number of rotatable bonds is 8. The average Bonchev–Trinajstić information content (AvgIpc) is 3.25. The molecule has 5 rings (SSSR count). The van der Waals surface area contributed by atoms with Gasteiger partial charge in [0.05, 0.1) is 0 Å². The Kier molecular flexibility index (Phi) is 7.50. The predicted molar refractivity (Wildman–Crippen MR) is 154 cm³/mol. The Labute approximate surface area is 232 Å². The summed E-state index contributed by atoms with van der Waals surface area (Å²) in [5, 5.41) is 15.2. The molecule has 0 saturated heterocycles. The van der Waals surface area contributed by atoms with Crippen molar-refractivity contribution in [1.29, 1.82) is 0 Å². The number of anilines is 2. The van der Waals surface area contributed by atoms with E-state index in [1.54, 1.807) is 56.3 Å². The second-order valence-corrected chi connectivity index (χ2v) is 9.93. The molecule has 3 amide bonds. The van der Waals surface area contributed by atoms with Crippen molar-refractivity contribution in [3.05, 3.63) is 108 Å². The van der Waals surface area contributed by atoms with E-state index < -0.39 is 12.0 Å². The Hall–Kier alpha value is -5.11. The minimum Gasteiger partial charge on any atom is -0.480 e. The van der Waals surface area contributed by atoms with Gasteiger partial charge in [-0.15, -0.1) is 0 Å². The van der Waals surface area contributed by atoms with E-state index in [-0.39, 0.29) is 24.4 Å². The summed E-state index contributed by atoms with van der Waals surface area (Å²) in [4.78, 5) is 38.8. The van der Waals surface area contributed by atoms with Crippen molar-refractivity contribution in [2.75, 3.05) is 10.6 Å². The third-order valence-corrected chi connectivity index (χ3v) is 6.73. The molecular formula is C32H29N3O5. The molecule has 4 aromatic carbocycles. The number of aliphatic carboxylic acids is 1. The zero-order valence-electron chi connectivity index (χ0n) is 22.1. The lowest BCUT2D eigenvalue weighted by Gasteiger charge is -2.27. The number of benzene rings is 4. The summed E-state index contributed by atoms with van der Waals surface area (Å²) < 4.78 is 5.77. The fourth-order valence-electron chi connectivity index (χ4n) is 4.78. The van der Waals surface area contributed by atoms with Crippen molar-refractivity contribution in [2.45, 2.75) is 26.4 Å². The first kappa shape index (κ1) is 26.5. The second-order valence-electron chi connectivity index (χ2n) is 9.93. The summed E-state index contributed by atoms with van der Waals surface area (Å²) in [6.07, 6.45) is 0. The van der Waals surface area contributed by atoms with Gasteiger partial charge in [-0.05, 0) is 77.2 Å². The fraction of sp³-hybridized carbons (Fsp3) is 0.156. The lowest BCUT2D eigenvalue weighted by Crippen LogP contribution is -2.44. The number of nitrogens with zero attached hydrogens (tertiary/aromatic N) is 1. The molecule has 8 nitrogen and oxygen atoms in total. The highest BCUT2D eigenvalue weighted by Gasteiger charge is 2.38. The number of fused-ring (bicyclic) bond motifs is 1. The van der Waals surface area contributed by atoms with Crippen LogP contribution in [0.2, 0.25) is 0 Å². The summed E-state index contributed by atoms with van der Waals surface area (Å²) in [6, 6.07) is 28.2. The molecule has 1 aliphatic heterocycles. The summed E-state index contributed by atoms with van der Waals surface area (Å²) in [6.45, 7) is 3.88. The first-order valence-electron chi connectivity index (χ1n) is 13.0. The molecule has 0 aliphatic carbocycles. The highest BCUT2D eigenvalue weighted by Crippen LogP contribution is 2.32. The van der Waals surface area contributed by atoms with Crippen LogP contribution < -0.4 is 15.4 Å². The minimum atomic E-state index is -1.00. The molecular weight excluding hydrogens is 506 g/mol. The monoisotopic (exact) mass is 535 g/mol. The van der Waals surface area contributed by atoms with Gasteiger partial charge in [0.15, 0.2) is 0 Å². The summed E-state index contributed by atoms with van der Waals surface area (Å²) >= 11 is 0. The Balaban J connectivity index is 1.20. The molecule has 1 heterocycles. The number of carbonyl (C=O) groups is 3. The first-order chi connectivity index (χ1) is 19.3. The van der Waals surface area contributed by atoms with Gasteiger partial charge in [0.25, 0.3) is 5.91 Å². The Morgan fingerprint density at radius 3 is 1.98 bits per heavy atom. The average molecular weight is 536 g/mol. The van der Waals surface area contributed by atoms with Crippen molar-refractivity contribution in [3.8, 4) is 22.6 Å². The van der Waals surface area contributed by atoms with Gasteiger partial charge in [0, 0.05) is 23.5 Å². The molecule has 8 heteroatoms. The van der Waals surface area contributed by atoms with E-state index in [4.69, 9.17) is 4.74 Å². The van der Waals surface area contributed by atoms with E-state index in [1.165, 1.54) is 4.90 Å². The molecule has 40 heavy (non-hydrogen) atoms. The van der Waals surface area contributed by atoms with E-state index >= 15 is 0 Å². The molecule has 1 unspecified atom stereocenters. The fourth-order valence-corrected chi connectivity index (χ4v) is 4.78. The van der Waals surface area contributed by atoms with Gasteiger partial charge >= 0.3 is 12.0 Å². The number of nitrogens with one attached hydrogen (secondary N) is 2. The highest BCUT2D eigenvalue weighted by molar-refractivity contribution is 6.02. The smallest absolute Gasteiger partial charge is 0.326 e. The molecule has 202 valence electrons. The number of para-hydroxylation sites is 1. The number of amides is 3. The maximum atomic E-state index is 13.1. The van der Waals surface area contributed by atoms with Gasteiger partial charge in [0.1, 0.15) is 17.5 Å². The lowest BCUT2D eigenvalue weighted by atomic mass is 10.00. The van der Waals surface area contributed by atoms with Gasteiger partial charge in [-0.3, -0.25) is 4.79 Å². The summed E-state index contributed by atoms with van der Waals surface area (Å²) in [5.41, 5.74) is 4.26. The van der Waals surface area contributed by atoms with E-state index in [0.717, 1.165) is 22.4 Å². The van der Waals surface area contributed by atoms with Crippen LogP contribution in [-0.2, 0) is 11.3 Å². The third kappa shape index (κ3) is 5.81. The van der Waals surface area contributed by atoms with Crippen LogP contribution in [0.15, 0.2) is 97.1 Å². The van der Waals surface area contributed by atoms with Crippen LogP contribution in [0.1, 0.15) is 29.8 Å². The maximum absolute atomic E-state index is 13.1. The summed E-state index contributed by atoms with van der Waals surface area (Å²) in [7, 11) is 0. The van der Waals surface area contributed by atoms with Crippen LogP contribution in [0.3, 0.4) is 0 Å². The van der Waals surface area contributed by atoms with Crippen molar-refractivity contribution >= 4 is 29.3 Å². The van der Waals surface area contributed by atoms with E-state index in [1.807, 2.05) is 54.6 Å². The van der Waals surface area contributed by atoms with Crippen molar-refractivity contribution in [3.63, 3.8) is 0 Å². The van der Waals surface area contributed by atoms with Gasteiger partial charge in [-0.2, -0.15) is 0 Å². The molecule has 0 fully saturated rings. The largest absolute Gasteiger partial charge is 0.480 e. The number of carboxylic acid groups (broad SMARTS) is 1. The summed E-state index contributed by atoms with van der Waals surface area (Å²) in [5.74, 6) is -0.0863. The first-order valence-corrected chi connectivity index (χ1v) is 13.0. The molecule has 0 spiro atoms. The van der Waals surface area contributed by atoms with E-state index in [0.29, 0.717) is 22.7 Å². The molecule has 0 radical (unpaired) electrons. The van der Waals surface area contributed by atoms with Gasteiger partial charge < -0.3 is 25.4 Å². The molecule has 1 atom stereocenters. The number of hydrogen-bond acceptors (Lipinski definition) is 4. The lowest BCUT2D eigenvalue weighted by molar-refractivity contribution is -0.144. The number of hydrogen-bond donors (Lipinski definition) is 3. The van der Waals surface area contributed by atoms with Gasteiger partial charge in [0.2, 0.25) is 0 Å². The standard InChI is InChI=1S/C32H29N3O5/c1-20(2)29(31(37)38)35-19-23-9-8-22(18-28(23)30(35)36)21-10-12-24(13-11-21)33-32(39)34-25-14-16-27(17-15-25)40-26-6-4-3-5-7-26/h3-18,20,29H,19H2,1-2H3,(H,37,38)(H2,33,34,39). The number of carboxylic acids is 1. The molecule has 0 saturated carbocycles. The SMILES string of the molecule is CC(C)C(C(=O)O)N1Cc2ccc(-c3ccc(NC(=O)Nc4ccc(Oc5ccccc5)cc4)cc3)cc2C1=O. The molecule has 1 aliphatic rings. The maximum Gasteiger partial charge on any atom is 0.326 e. The molecule has 4 aromatic rings. The third-order valence-electron chi connectivity index (χ3n) is 6.73. The Bertz CT molecular complexity index is 1530. The Morgan fingerprint density at radius 2 is 1.38 bits per heavy atom. The van der Waals surface area contributed by atoms with E-state index in [2.05, 4.69) is 10.6 Å². The zero-order valence-corrected chi connectivity index (χ0v) is 22.1. The number of carbonyl (C=O) groups excluding carboxylic acids is 2. The topological polar surface area (TPSA) is 108 Å². The quantitative estimate of drug-likeness (QED) is 0.229. The molecule has 0 aromatic heterocycles. The van der Waals surface area contributed by atoms with Crippen LogP contribution >= 0.6 is 0 Å². The number of urea groups is 1. The molecule has 3 N–H and O–H groups in total. The van der Waals surface area contributed by atoms with E-state index in [9.17, 15) is 19.5 Å². The highest BCUT2D eigenvalue weighted by atomic mass is 16.5. The predicted octanol–water partition coefficient (Wildman–Crippen LogP) is 6.85. The van der Waals surface area contributed by atoms with Crippen LogP contribution in [0.25, 0.3) is 11.1 Å². The normalized spacial score (nSPS) is 13.1. The zero-order chi connectivity index (χ0) is 28.2. The molecule has 0 bridgehead atoms. The van der Waals surface area contributed by atoms with Crippen LogP contribution in [0, 0.1) is 5.92 Å².